The molecule has 11 heavy (non-hydrogen) atoms. The first-order chi connectivity index (χ1) is 5.36. The topological polar surface area (TPSA) is 55.3 Å². The Morgan fingerprint density at radius 3 is 2.73 bits per heavy atom. The molecule has 1 fully saturated rings. The zero-order valence-electron chi connectivity index (χ0n) is 7.13. The third kappa shape index (κ3) is 2.77. The Morgan fingerprint density at radius 2 is 2.18 bits per heavy atom. The van der Waals surface area contributed by atoms with Gasteiger partial charge in [0.2, 0.25) is 0 Å². The zero-order chi connectivity index (χ0) is 8.10. The lowest BCUT2D eigenvalue weighted by atomic mass is 10.1. The van der Waals surface area contributed by atoms with E-state index in [2.05, 4.69) is 4.90 Å². The second kappa shape index (κ2) is 4.70. The maximum absolute atomic E-state index is 5.57. The Balaban J connectivity index is 2.09. The van der Waals surface area contributed by atoms with E-state index in [1.165, 1.54) is 19.5 Å². The van der Waals surface area contributed by atoms with Crippen LogP contribution in [0.2, 0.25) is 0 Å². The van der Waals surface area contributed by atoms with E-state index in [0.29, 0.717) is 0 Å². The largest absolute Gasteiger partial charge is 0.330 e. The van der Waals surface area contributed by atoms with Crippen LogP contribution < -0.4 is 11.5 Å². The van der Waals surface area contributed by atoms with E-state index < -0.39 is 0 Å². The van der Waals surface area contributed by atoms with Crippen molar-refractivity contribution >= 4 is 0 Å². The van der Waals surface area contributed by atoms with Gasteiger partial charge in [-0.25, -0.2) is 0 Å². The van der Waals surface area contributed by atoms with Crippen LogP contribution in [-0.2, 0) is 0 Å². The third-order valence-electron chi connectivity index (χ3n) is 2.38. The zero-order valence-corrected chi connectivity index (χ0v) is 7.13. The molecule has 4 N–H and O–H groups in total. The lowest BCUT2D eigenvalue weighted by molar-refractivity contribution is 0.323. The minimum absolute atomic E-state index is 0.743. The van der Waals surface area contributed by atoms with E-state index in [1.807, 2.05) is 0 Å². The highest BCUT2D eigenvalue weighted by Crippen LogP contribution is 2.14. The molecule has 0 saturated carbocycles. The number of nitrogens with zero attached hydrogens (tertiary/aromatic N) is 1. The number of likely N-dealkylation sites (tertiary alicyclic amines) is 1. The number of hydrogen-bond acceptors (Lipinski definition) is 3. The Morgan fingerprint density at radius 1 is 1.36 bits per heavy atom. The smallest absolute Gasteiger partial charge is 0.00222 e. The average Bonchev–Trinajstić information content (AvgIpc) is 2.48. The van der Waals surface area contributed by atoms with Crippen LogP contribution in [0.4, 0.5) is 0 Å². The van der Waals surface area contributed by atoms with Gasteiger partial charge >= 0.3 is 0 Å². The van der Waals surface area contributed by atoms with Gasteiger partial charge in [-0.2, -0.15) is 0 Å². The number of hydrogen-bond donors (Lipinski definition) is 2. The molecule has 1 heterocycles. The highest BCUT2D eigenvalue weighted by Gasteiger charge is 2.19. The van der Waals surface area contributed by atoms with Crippen molar-refractivity contribution in [2.45, 2.75) is 12.8 Å². The van der Waals surface area contributed by atoms with Gasteiger partial charge in [0.15, 0.2) is 0 Å². The molecule has 1 unspecified atom stereocenters. The second-order valence-corrected chi connectivity index (χ2v) is 3.33. The summed E-state index contributed by atoms with van der Waals surface area (Å²) in [5.74, 6) is 0.743. The van der Waals surface area contributed by atoms with Gasteiger partial charge in [-0.15, -0.1) is 0 Å². The van der Waals surface area contributed by atoms with Gasteiger partial charge in [0.25, 0.3) is 0 Å². The number of rotatable bonds is 4. The van der Waals surface area contributed by atoms with Crippen LogP contribution >= 0.6 is 0 Å². The molecule has 3 nitrogen and oxygen atoms in total. The first-order valence-electron chi connectivity index (χ1n) is 4.49. The van der Waals surface area contributed by atoms with E-state index in [1.54, 1.807) is 0 Å². The third-order valence-corrected chi connectivity index (χ3v) is 2.38. The van der Waals surface area contributed by atoms with E-state index in [-0.39, 0.29) is 0 Å². The molecule has 1 rings (SSSR count). The standard InChI is InChI=1S/C8H19N3/c9-3-1-4-11-5-2-8(6-10)7-11/h8H,1-7,9-10H2. The van der Waals surface area contributed by atoms with E-state index >= 15 is 0 Å². The second-order valence-electron chi connectivity index (χ2n) is 3.33. The highest BCUT2D eigenvalue weighted by molar-refractivity contribution is 4.75. The van der Waals surface area contributed by atoms with E-state index in [4.69, 9.17) is 11.5 Å². The fraction of sp³-hybridized carbons (Fsp3) is 1.00. The molecular formula is C8H19N3. The summed E-state index contributed by atoms with van der Waals surface area (Å²) in [5, 5.41) is 0. The molecule has 1 aliphatic heterocycles. The average molecular weight is 157 g/mol. The highest BCUT2D eigenvalue weighted by atomic mass is 15.1. The maximum atomic E-state index is 5.57. The number of nitrogens with two attached hydrogens (primary N) is 2. The summed E-state index contributed by atoms with van der Waals surface area (Å²) in [6.07, 6.45) is 2.40. The molecule has 1 atom stereocenters. The fourth-order valence-electron chi connectivity index (χ4n) is 1.62. The molecule has 0 aromatic rings. The Hall–Kier alpha value is -0.120. The van der Waals surface area contributed by atoms with Crippen LogP contribution in [-0.4, -0.2) is 37.6 Å². The molecule has 66 valence electrons. The minimum Gasteiger partial charge on any atom is -0.330 e. The Labute approximate surface area is 68.7 Å². The molecule has 0 aliphatic carbocycles. The molecule has 1 saturated heterocycles. The molecular weight excluding hydrogens is 138 g/mol. The van der Waals surface area contributed by atoms with Crippen molar-refractivity contribution in [1.82, 2.24) is 4.90 Å². The van der Waals surface area contributed by atoms with Crippen LogP contribution in [0.3, 0.4) is 0 Å². The lowest BCUT2D eigenvalue weighted by Gasteiger charge is -2.14. The van der Waals surface area contributed by atoms with Crippen molar-refractivity contribution in [3.63, 3.8) is 0 Å². The normalized spacial score (nSPS) is 26.2. The van der Waals surface area contributed by atoms with Crippen LogP contribution in [0.1, 0.15) is 12.8 Å². The summed E-state index contributed by atoms with van der Waals surface area (Å²) < 4.78 is 0. The van der Waals surface area contributed by atoms with Gasteiger partial charge in [-0.1, -0.05) is 0 Å². The van der Waals surface area contributed by atoms with Gasteiger partial charge < -0.3 is 16.4 Å². The van der Waals surface area contributed by atoms with E-state index in [0.717, 1.165) is 32.0 Å². The predicted molar refractivity (Wildman–Crippen MR) is 47.3 cm³/mol. The fourth-order valence-corrected chi connectivity index (χ4v) is 1.62. The maximum Gasteiger partial charge on any atom is 0.00222 e. The van der Waals surface area contributed by atoms with Crippen LogP contribution in [0.5, 0.6) is 0 Å². The van der Waals surface area contributed by atoms with Gasteiger partial charge in [0, 0.05) is 6.54 Å². The molecule has 0 bridgehead atoms. The van der Waals surface area contributed by atoms with Crippen molar-refractivity contribution in [2.75, 3.05) is 32.7 Å². The monoisotopic (exact) mass is 157 g/mol. The first kappa shape index (κ1) is 8.97. The first-order valence-corrected chi connectivity index (χ1v) is 4.49. The summed E-state index contributed by atoms with van der Waals surface area (Å²) in [5.41, 5.74) is 11.0. The van der Waals surface area contributed by atoms with Gasteiger partial charge in [0.05, 0.1) is 0 Å². The summed E-state index contributed by atoms with van der Waals surface area (Å²) in [7, 11) is 0. The van der Waals surface area contributed by atoms with Crippen LogP contribution in [0, 0.1) is 5.92 Å². The van der Waals surface area contributed by atoms with E-state index in [9.17, 15) is 0 Å². The van der Waals surface area contributed by atoms with Crippen molar-refractivity contribution < 1.29 is 0 Å². The summed E-state index contributed by atoms with van der Waals surface area (Å²) in [6.45, 7) is 5.23. The predicted octanol–water partition coefficient (Wildman–Crippen LogP) is -0.384. The van der Waals surface area contributed by atoms with Crippen molar-refractivity contribution in [3.05, 3.63) is 0 Å². The van der Waals surface area contributed by atoms with Gasteiger partial charge in [-0.3, -0.25) is 0 Å². The summed E-state index contributed by atoms with van der Waals surface area (Å²) in [4.78, 5) is 2.46. The van der Waals surface area contributed by atoms with Gasteiger partial charge in [0.1, 0.15) is 0 Å². The molecule has 0 radical (unpaired) electrons. The van der Waals surface area contributed by atoms with Crippen molar-refractivity contribution in [3.8, 4) is 0 Å². The van der Waals surface area contributed by atoms with Crippen molar-refractivity contribution in [2.24, 2.45) is 17.4 Å². The molecule has 0 aromatic heterocycles. The molecule has 1 aliphatic rings. The Bertz CT molecular complexity index is 106. The molecule has 0 spiro atoms. The summed E-state index contributed by atoms with van der Waals surface area (Å²) in [6, 6.07) is 0. The molecule has 3 heteroatoms. The lowest BCUT2D eigenvalue weighted by Crippen LogP contribution is -2.25. The molecule has 0 aromatic carbocycles. The minimum atomic E-state index is 0.743. The summed E-state index contributed by atoms with van der Waals surface area (Å²) >= 11 is 0. The van der Waals surface area contributed by atoms with Gasteiger partial charge in [-0.05, 0) is 44.9 Å². The Kier molecular flexibility index (Phi) is 3.83. The van der Waals surface area contributed by atoms with Crippen LogP contribution in [0.15, 0.2) is 0 Å². The molecule has 0 amide bonds. The van der Waals surface area contributed by atoms with Crippen molar-refractivity contribution in [1.29, 1.82) is 0 Å². The van der Waals surface area contributed by atoms with Crippen LogP contribution in [0.25, 0.3) is 0 Å². The SMILES string of the molecule is NCCCN1CCC(CN)C1. The quantitative estimate of drug-likeness (QED) is 0.584.